The van der Waals surface area contributed by atoms with Gasteiger partial charge < -0.3 is 4.74 Å². The molecule has 2 aromatic rings. The van der Waals surface area contributed by atoms with Gasteiger partial charge in [-0.15, -0.1) is 0 Å². The SMILES string of the molecule is COCc1cccc(NS(=O)(=O)c2ccc(Cl)cc2F)c1. The zero-order chi connectivity index (χ0) is 15.5. The molecule has 7 heteroatoms. The van der Waals surface area contributed by atoms with Crippen molar-refractivity contribution in [2.75, 3.05) is 11.8 Å². The Labute approximate surface area is 127 Å². The average molecular weight is 330 g/mol. The Morgan fingerprint density at radius 3 is 2.67 bits per heavy atom. The van der Waals surface area contributed by atoms with Gasteiger partial charge in [0.15, 0.2) is 0 Å². The highest BCUT2D eigenvalue weighted by Crippen LogP contribution is 2.22. The van der Waals surface area contributed by atoms with Gasteiger partial charge in [-0.2, -0.15) is 0 Å². The second kappa shape index (κ2) is 6.43. The third kappa shape index (κ3) is 3.93. The van der Waals surface area contributed by atoms with Gasteiger partial charge in [-0.3, -0.25) is 4.72 Å². The maximum atomic E-state index is 13.7. The normalized spacial score (nSPS) is 11.4. The minimum absolute atomic E-state index is 0.133. The highest BCUT2D eigenvalue weighted by molar-refractivity contribution is 7.92. The molecule has 0 saturated heterocycles. The van der Waals surface area contributed by atoms with Gasteiger partial charge in [0, 0.05) is 17.8 Å². The number of anilines is 1. The van der Waals surface area contributed by atoms with Gasteiger partial charge in [-0.05, 0) is 35.9 Å². The Balaban J connectivity index is 2.31. The molecule has 0 atom stereocenters. The fraction of sp³-hybridized carbons (Fsp3) is 0.143. The van der Waals surface area contributed by atoms with Crippen molar-refractivity contribution in [2.45, 2.75) is 11.5 Å². The number of ether oxygens (including phenoxy) is 1. The predicted molar refractivity (Wildman–Crippen MR) is 79.4 cm³/mol. The van der Waals surface area contributed by atoms with Gasteiger partial charge >= 0.3 is 0 Å². The minimum Gasteiger partial charge on any atom is -0.380 e. The Hall–Kier alpha value is -1.63. The van der Waals surface area contributed by atoms with E-state index < -0.39 is 20.7 Å². The van der Waals surface area contributed by atoms with E-state index in [-0.39, 0.29) is 5.02 Å². The molecule has 0 fully saturated rings. The van der Waals surface area contributed by atoms with Crippen molar-refractivity contribution in [3.8, 4) is 0 Å². The lowest BCUT2D eigenvalue weighted by atomic mass is 10.2. The second-order valence-electron chi connectivity index (χ2n) is 4.31. The zero-order valence-electron chi connectivity index (χ0n) is 11.1. The zero-order valence-corrected chi connectivity index (χ0v) is 12.7. The molecular weight excluding hydrogens is 317 g/mol. The third-order valence-corrected chi connectivity index (χ3v) is 4.32. The van der Waals surface area contributed by atoms with Crippen LogP contribution in [-0.2, 0) is 21.4 Å². The summed E-state index contributed by atoms with van der Waals surface area (Å²) in [5.74, 6) is -0.900. The first-order valence-electron chi connectivity index (χ1n) is 5.98. The van der Waals surface area contributed by atoms with Crippen molar-refractivity contribution in [2.24, 2.45) is 0 Å². The number of sulfonamides is 1. The fourth-order valence-corrected chi connectivity index (χ4v) is 3.06. The standard InChI is InChI=1S/C14H13ClFNO3S/c1-20-9-10-3-2-4-12(7-10)17-21(18,19)14-6-5-11(15)8-13(14)16/h2-8,17H,9H2,1H3. The first kappa shape index (κ1) is 15.8. The van der Waals surface area contributed by atoms with E-state index in [9.17, 15) is 12.8 Å². The van der Waals surface area contributed by atoms with Crippen LogP contribution in [0, 0.1) is 5.82 Å². The lowest BCUT2D eigenvalue weighted by Crippen LogP contribution is -2.14. The topological polar surface area (TPSA) is 55.4 Å². The van der Waals surface area contributed by atoms with Crippen molar-refractivity contribution >= 4 is 27.3 Å². The molecule has 1 N–H and O–H groups in total. The molecule has 0 aliphatic carbocycles. The van der Waals surface area contributed by atoms with Crippen LogP contribution in [0.15, 0.2) is 47.4 Å². The van der Waals surface area contributed by atoms with Crippen molar-refractivity contribution in [3.63, 3.8) is 0 Å². The third-order valence-electron chi connectivity index (χ3n) is 2.67. The summed E-state index contributed by atoms with van der Waals surface area (Å²) in [6, 6.07) is 10.1. The van der Waals surface area contributed by atoms with E-state index in [1.807, 2.05) is 0 Å². The van der Waals surface area contributed by atoms with Crippen LogP contribution in [0.25, 0.3) is 0 Å². The van der Waals surface area contributed by atoms with Crippen molar-refractivity contribution < 1.29 is 17.5 Å². The molecule has 0 bridgehead atoms. The molecule has 0 amide bonds. The Morgan fingerprint density at radius 2 is 2.00 bits per heavy atom. The average Bonchev–Trinajstić information content (AvgIpc) is 2.38. The fourth-order valence-electron chi connectivity index (χ4n) is 1.79. The molecule has 0 heterocycles. The maximum Gasteiger partial charge on any atom is 0.264 e. The van der Waals surface area contributed by atoms with Crippen molar-refractivity contribution in [1.82, 2.24) is 0 Å². The molecule has 0 spiro atoms. The van der Waals surface area contributed by atoms with Crippen molar-refractivity contribution in [3.05, 3.63) is 58.9 Å². The highest BCUT2D eigenvalue weighted by Gasteiger charge is 2.19. The van der Waals surface area contributed by atoms with E-state index in [0.29, 0.717) is 12.3 Å². The molecule has 2 rings (SSSR count). The molecule has 0 aromatic heterocycles. The van der Waals surface area contributed by atoms with Crippen LogP contribution in [0.5, 0.6) is 0 Å². The van der Waals surface area contributed by atoms with Crippen LogP contribution < -0.4 is 4.72 Å². The Kier molecular flexibility index (Phi) is 4.82. The van der Waals surface area contributed by atoms with Gasteiger partial charge in [0.05, 0.1) is 6.61 Å². The smallest absolute Gasteiger partial charge is 0.264 e. The van der Waals surface area contributed by atoms with Crippen LogP contribution in [0.4, 0.5) is 10.1 Å². The summed E-state index contributed by atoms with van der Waals surface area (Å²) >= 11 is 5.61. The molecule has 112 valence electrons. The molecule has 4 nitrogen and oxygen atoms in total. The predicted octanol–water partition coefficient (Wildman–Crippen LogP) is 3.43. The maximum absolute atomic E-state index is 13.7. The summed E-state index contributed by atoms with van der Waals surface area (Å²) < 4.78 is 45.4. The Morgan fingerprint density at radius 1 is 1.24 bits per heavy atom. The number of hydrogen-bond acceptors (Lipinski definition) is 3. The van der Waals surface area contributed by atoms with E-state index in [1.54, 1.807) is 31.4 Å². The summed E-state index contributed by atoms with van der Waals surface area (Å²) in [7, 11) is -2.48. The largest absolute Gasteiger partial charge is 0.380 e. The van der Waals surface area contributed by atoms with Crippen LogP contribution in [0.3, 0.4) is 0 Å². The molecule has 0 unspecified atom stereocenters. The van der Waals surface area contributed by atoms with E-state index in [4.69, 9.17) is 16.3 Å². The van der Waals surface area contributed by atoms with Gasteiger partial charge in [0.2, 0.25) is 0 Å². The van der Waals surface area contributed by atoms with Gasteiger partial charge in [-0.1, -0.05) is 23.7 Å². The molecule has 0 aliphatic rings. The minimum atomic E-state index is -4.02. The monoisotopic (exact) mass is 329 g/mol. The summed E-state index contributed by atoms with van der Waals surface area (Å²) in [6.07, 6.45) is 0. The number of nitrogens with one attached hydrogen (secondary N) is 1. The Bertz CT molecular complexity index is 750. The van der Waals surface area contributed by atoms with Crippen LogP contribution in [0.1, 0.15) is 5.56 Å². The van der Waals surface area contributed by atoms with Crippen LogP contribution in [0.2, 0.25) is 5.02 Å². The van der Waals surface area contributed by atoms with E-state index >= 15 is 0 Å². The van der Waals surface area contributed by atoms with Crippen LogP contribution in [-0.4, -0.2) is 15.5 Å². The van der Waals surface area contributed by atoms with Gasteiger partial charge in [-0.25, -0.2) is 12.8 Å². The number of hydrogen-bond donors (Lipinski definition) is 1. The highest BCUT2D eigenvalue weighted by atomic mass is 35.5. The molecule has 0 saturated carbocycles. The number of rotatable bonds is 5. The second-order valence-corrected chi connectivity index (χ2v) is 6.40. The van der Waals surface area contributed by atoms with E-state index in [2.05, 4.69) is 4.72 Å². The summed E-state index contributed by atoms with van der Waals surface area (Å²) in [5, 5.41) is 0.133. The quantitative estimate of drug-likeness (QED) is 0.914. The lowest BCUT2D eigenvalue weighted by molar-refractivity contribution is 0.185. The molecular formula is C14H13ClFNO3S. The number of halogens is 2. The van der Waals surface area contributed by atoms with E-state index in [0.717, 1.165) is 17.7 Å². The summed E-state index contributed by atoms with van der Waals surface area (Å²) in [4.78, 5) is -0.455. The van der Waals surface area contributed by atoms with Crippen LogP contribution >= 0.6 is 11.6 Å². The molecule has 0 aliphatic heterocycles. The first-order chi connectivity index (χ1) is 9.92. The summed E-state index contributed by atoms with van der Waals surface area (Å²) in [5.41, 5.74) is 1.13. The molecule has 0 radical (unpaired) electrons. The first-order valence-corrected chi connectivity index (χ1v) is 7.84. The molecule has 2 aromatic carbocycles. The van der Waals surface area contributed by atoms with Gasteiger partial charge in [0.1, 0.15) is 10.7 Å². The lowest BCUT2D eigenvalue weighted by Gasteiger charge is -2.10. The number of benzene rings is 2. The molecule has 21 heavy (non-hydrogen) atoms. The summed E-state index contributed by atoms with van der Waals surface area (Å²) in [6.45, 7) is 0.352. The van der Waals surface area contributed by atoms with Crippen molar-refractivity contribution in [1.29, 1.82) is 0 Å². The van der Waals surface area contributed by atoms with E-state index in [1.165, 1.54) is 6.07 Å². The number of methoxy groups -OCH3 is 1. The van der Waals surface area contributed by atoms with Gasteiger partial charge in [0.25, 0.3) is 10.0 Å².